The van der Waals surface area contributed by atoms with E-state index in [2.05, 4.69) is 21.5 Å². The van der Waals surface area contributed by atoms with Crippen LogP contribution in [0.2, 0.25) is 10.0 Å². The molecular formula is C24H28Cl2FN3O2S. The molecule has 1 unspecified atom stereocenters. The lowest BCUT2D eigenvalue weighted by molar-refractivity contribution is 0.0980. The van der Waals surface area contributed by atoms with Crippen LogP contribution in [0.5, 0.6) is 5.75 Å². The second kappa shape index (κ2) is 10.8. The minimum Gasteiger partial charge on any atom is -0.493 e. The number of likely N-dealkylation sites (tertiary alicyclic amines) is 1. The Kier molecular flexibility index (Phi) is 8.05. The van der Waals surface area contributed by atoms with Crippen molar-refractivity contribution < 1.29 is 13.9 Å². The standard InChI is InChI=1S/C24H28Cl2FN3O2S/c1-14(23-20(26)9-17(25)12-28-23)30-7-5-15(6-8-30)13-32-22-11-21(27)19(24(31)29-33-2)10-18(22)16-3-4-16/h9-12,14-16H,3-8,13H2,1-2H3,(H,29,31). The molecule has 1 N–H and O–H groups in total. The summed E-state index contributed by atoms with van der Waals surface area (Å²) < 4.78 is 23.3. The van der Waals surface area contributed by atoms with Gasteiger partial charge in [0.05, 0.1) is 34.0 Å². The zero-order valence-electron chi connectivity index (χ0n) is 18.7. The number of carbonyl (C=O) groups is 1. The third-order valence-electron chi connectivity index (χ3n) is 6.46. The molecule has 0 spiro atoms. The van der Waals surface area contributed by atoms with Crippen molar-refractivity contribution in [1.82, 2.24) is 14.6 Å². The number of aromatic nitrogens is 1. The van der Waals surface area contributed by atoms with Crippen LogP contribution in [0.25, 0.3) is 0 Å². The number of carbonyl (C=O) groups excluding carboxylic acids is 1. The molecule has 5 nitrogen and oxygen atoms in total. The van der Waals surface area contributed by atoms with Crippen molar-refractivity contribution in [2.45, 2.75) is 44.6 Å². The maximum Gasteiger partial charge on any atom is 0.264 e. The van der Waals surface area contributed by atoms with Crippen molar-refractivity contribution in [3.05, 3.63) is 57.1 Å². The van der Waals surface area contributed by atoms with Gasteiger partial charge in [-0.1, -0.05) is 35.1 Å². The highest BCUT2D eigenvalue weighted by Crippen LogP contribution is 2.45. The molecule has 1 saturated heterocycles. The molecule has 0 bridgehead atoms. The highest BCUT2D eigenvalue weighted by atomic mass is 35.5. The number of rotatable bonds is 8. The van der Waals surface area contributed by atoms with Gasteiger partial charge in [-0.15, -0.1) is 0 Å². The number of halogens is 3. The quantitative estimate of drug-likeness (QED) is 0.423. The van der Waals surface area contributed by atoms with Crippen LogP contribution in [0, 0.1) is 11.7 Å². The zero-order valence-corrected chi connectivity index (χ0v) is 21.1. The molecule has 9 heteroatoms. The Bertz CT molecular complexity index is 1010. The van der Waals surface area contributed by atoms with E-state index in [0.717, 1.165) is 62.0 Å². The number of hydrogen-bond acceptors (Lipinski definition) is 5. The number of nitrogens with one attached hydrogen (secondary N) is 1. The van der Waals surface area contributed by atoms with Crippen molar-refractivity contribution >= 4 is 41.1 Å². The second-order valence-corrected chi connectivity index (χ2v) is 10.2. The molecule has 33 heavy (non-hydrogen) atoms. The molecule has 0 radical (unpaired) electrons. The summed E-state index contributed by atoms with van der Waals surface area (Å²) in [5, 5.41) is 1.12. The fourth-order valence-electron chi connectivity index (χ4n) is 4.35. The van der Waals surface area contributed by atoms with Crippen molar-refractivity contribution in [2.24, 2.45) is 5.92 Å². The normalized spacial score (nSPS) is 18.2. The summed E-state index contributed by atoms with van der Waals surface area (Å²) >= 11 is 13.5. The molecule has 1 aromatic carbocycles. The van der Waals surface area contributed by atoms with Crippen molar-refractivity contribution in [3.8, 4) is 5.75 Å². The van der Waals surface area contributed by atoms with Crippen LogP contribution in [0.4, 0.5) is 4.39 Å². The predicted molar refractivity (Wildman–Crippen MR) is 132 cm³/mol. The number of nitrogens with zero attached hydrogens (tertiary/aromatic N) is 2. The summed E-state index contributed by atoms with van der Waals surface area (Å²) in [4.78, 5) is 19.0. The van der Waals surface area contributed by atoms with Crippen molar-refractivity contribution in [2.75, 3.05) is 26.0 Å². The Labute approximate surface area is 208 Å². The molecule has 1 aromatic heterocycles. The average molecular weight is 512 g/mol. The second-order valence-electron chi connectivity index (χ2n) is 8.77. The molecule has 1 saturated carbocycles. The molecule has 1 atom stereocenters. The molecule has 2 fully saturated rings. The summed E-state index contributed by atoms with van der Waals surface area (Å²) in [6.07, 6.45) is 7.41. The topological polar surface area (TPSA) is 54.5 Å². The molecule has 1 aliphatic heterocycles. The van der Waals surface area contributed by atoms with Gasteiger partial charge in [0.15, 0.2) is 0 Å². The van der Waals surface area contributed by atoms with Gasteiger partial charge in [-0.3, -0.25) is 19.4 Å². The first-order valence-electron chi connectivity index (χ1n) is 11.2. The van der Waals surface area contributed by atoms with E-state index in [0.29, 0.717) is 34.2 Å². The monoisotopic (exact) mass is 511 g/mol. The largest absolute Gasteiger partial charge is 0.493 e. The van der Waals surface area contributed by atoms with Gasteiger partial charge in [0, 0.05) is 18.5 Å². The van der Waals surface area contributed by atoms with Gasteiger partial charge in [0.25, 0.3) is 5.91 Å². The molecule has 4 rings (SSSR count). The van der Waals surface area contributed by atoms with E-state index >= 15 is 0 Å². The number of hydrogen-bond donors (Lipinski definition) is 1. The Morgan fingerprint density at radius 3 is 2.64 bits per heavy atom. The van der Waals surface area contributed by atoms with Crippen LogP contribution in [0.1, 0.15) is 66.2 Å². The third-order valence-corrected chi connectivity index (χ3v) is 7.36. The summed E-state index contributed by atoms with van der Waals surface area (Å²) in [7, 11) is 0. The number of piperidine rings is 1. The van der Waals surface area contributed by atoms with Gasteiger partial charge in [-0.2, -0.15) is 0 Å². The highest BCUT2D eigenvalue weighted by molar-refractivity contribution is 7.97. The Balaban J connectivity index is 1.36. The number of amides is 1. The van der Waals surface area contributed by atoms with E-state index in [4.69, 9.17) is 27.9 Å². The minimum absolute atomic E-state index is 0.0790. The average Bonchev–Trinajstić information content (AvgIpc) is 3.63. The lowest BCUT2D eigenvalue weighted by Gasteiger charge is -2.36. The number of pyridine rings is 1. The zero-order chi connectivity index (χ0) is 23.5. The van der Waals surface area contributed by atoms with Crippen LogP contribution in [0.15, 0.2) is 24.4 Å². The lowest BCUT2D eigenvalue weighted by atomic mass is 9.96. The maximum atomic E-state index is 14.6. The van der Waals surface area contributed by atoms with Crippen LogP contribution in [0.3, 0.4) is 0 Å². The molecule has 1 amide bonds. The summed E-state index contributed by atoms with van der Waals surface area (Å²) in [6, 6.07) is 4.89. The van der Waals surface area contributed by atoms with E-state index in [-0.39, 0.29) is 11.6 Å². The maximum absolute atomic E-state index is 14.6. The molecule has 2 heterocycles. The van der Waals surface area contributed by atoms with Gasteiger partial charge in [-0.05, 0) is 75.2 Å². The van der Waals surface area contributed by atoms with Crippen molar-refractivity contribution in [3.63, 3.8) is 0 Å². The van der Waals surface area contributed by atoms with E-state index < -0.39 is 11.7 Å². The molecule has 2 aliphatic rings. The molecule has 2 aromatic rings. The first-order chi connectivity index (χ1) is 15.9. The Morgan fingerprint density at radius 2 is 2.00 bits per heavy atom. The molecule has 1 aliphatic carbocycles. The summed E-state index contributed by atoms with van der Waals surface area (Å²) in [5.41, 5.74) is 1.86. The Morgan fingerprint density at radius 1 is 1.27 bits per heavy atom. The van der Waals surface area contributed by atoms with Crippen molar-refractivity contribution in [1.29, 1.82) is 0 Å². The van der Waals surface area contributed by atoms with Gasteiger partial charge in [-0.25, -0.2) is 4.39 Å². The first kappa shape index (κ1) is 24.6. The van der Waals surface area contributed by atoms with E-state index in [1.54, 1.807) is 24.6 Å². The van der Waals surface area contributed by atoms with Gasteiger partial charge in [0.2, 0.25) is 0 Å². The number of benzene rings is 1. The fourth-order valence-corrected chi connectivity index (χ4v) is 5.19. The first-order valence-corrected chi connectivity index (χ1v) is 13.2. The van der Waals surface area contributed by atoms with Crippen LogP contribution < -0.4 is 9.46 Å². The van der Waals surface area contributed by atoms with Crippen LogP contribution in [-0.4, -0.2) is 41.7 Å². The molecular weight excluding hydrogens is 484 g/mol. The summed E-state index contributed by atoms with van der Waals surface area (Å²) in [6.45, 7) is 4.47. The third kappa shape index (κ3) is 5.94. The fraction of sp³-hybridized carbons (Fsp3) is 0.500. The van der Waals surface area contributed by atoms with E-state index in [1.807, 2.05) is 0 Å². The Hall–Kier alpha value is -1.54. The smallest absolute Gasteiger partial charge is 0.264 e. The van der Waals surface area contributed by atoms with E-state index in [9.17, 15) is 9.18 Å². The van der Waals surface area contributed by atoms with E-state index in [1.165, 1.54) is 6.07 Å². The predicted octanol–water partition coefficient (Wildman–Crippen LogP) is 6.26. The van der Waals surface area contributed by atoms with Gasteiger partial charge >= 0.3 is 0 Å². The van der Waals surface area contributed by atoms with Crippen LogP contribution >= 0.6 is 35.1 Å². The highest BCUT2D eigenvalue weighted by Gasteiger charge is 2.30. The van der Waals surface area contributed by atoms with Gasteiger partial charge in [0.1, 0.15) is 11.6 Å². The SMILES string of the molecule is CSNC(=O)c1cc(C2CC2)c(OCC2CCN(C(C)c3ncc(Cl)cc3Cl)CC2)cc1F. The molecule has 178 valence electrons. The number of ether oxygens (including phenoxy) is 1. The van der Waals surface area contributed by atoms with Crippen LogP contribution in [-0.2, 0) is 0 Å². The minimum atomic E-state index is -0.545. The summed E-state index contributed by atoms with van der Waals surface area (Å²) in [5.74, 6) is 0.350. The lowest BCUT2D eigenvalue weighted by Crippen LogP contribution is -2.37. The van der Waals surface area contributed by atoms with Gasteiger partial charge < -0.3 is 4.74 Å².